The van der Waals surface area contributed by atoms with Gasteiger partial charge in [0, 0.05) is 36.3 Å². The minimum atomic E-state index is 0.452. The van der Waals surface area contributed by atoms with Crippen LogP contribution in [0.25, 0.3) is 11.3 Å². The Kier molecular flexibility index (Phi) is 9.53. The predicted molar refractivity (Wildman–Crippen MR) is 159 cm³/mol. The third kappa shape index (κ3) is 6.75. The van der Waals surface area contributed by atoms with Crippen LogP contribution in [0.15, 0.2) is 72.8 Å². The van der Waals surface area contributed by atoms with Gasteiger partial charge in [-0.25, -0.2) is 0 Å². The average Bonchev–Trinajstić information content (AvgIpc) is 2.98. The molecular formula is C33H36ClN3O3. The maximum absolute atomic E-state index is 6.83. The summed E-state index contributed by atoms with van der Waals surface area (Å²) in [6.07, 6.45) is 3.01. The maximum Gasteiger partial charge on any atom is 0.165 e. The van der Waals surface area contributed by atoms with E-state index in [1.165, 1.54) is 0 Å². The quantitative estimate of drug-likeness (QED) is 0.180. The minimum absolute atomic E-state index is 0.452. The van der Waals surface area contributed by atoms with Gasteiger partial charge in [-0.05, 0) is 49.1 Å². The van der Waals surface area contributed by atoms with Crippen LogP contribution in [0, 0.1) is 0 Å². The van der Waals surface area contributed by atoms with Crippen molar-refractivity contribution in [3.63, 3.8) is 0 Å². The van der Waals surface area contributed by atoms with Crippen LogP contribution in [0.4, 0.5) is 0 Å². The molecule has 0 bridgehead atoms. The molecule has 0 unspecified atom stereocenters. The van der Waals surface area contributed by atoms with E-state index in [-0.39, 0.29) is 0 Å². The van der Waals surface area contributed by atoms with Gasteiger partial charge >= 0.3 is 0 Å². The molecule has 0 amide bonds. The van der Waals surface area contributed by atoms with Gasteiger partial charge in [0.25, 0.3) is 0 Å². The molecule has 1 aromatic heterocycles. The number of halogens is 1. The van der Waals surface area contributed by atoms with Crippen molar-refractivity contribution in [2.24, 2.45) is 0 Å². The molecule has 4 aromatic rings. The third-order valence-corrected chi connectivity index (χ3v) is 7.31. The van der Waals surface area contributed by atoms with Gasteiger partial charge in [0.1, 0.15) is 19.0 Å². The van der Waals surface area contributed by atoms with Gasteiger partial charge in [0.2, 0.25) is 0 Å². The summed E-state index contributed by atoms with van der Waals surface area (Å²) in [5.74, 6) is 2.48. The van der Waals surface area contributed by atoms with Crippen LogP contribution in [0.5, 0.6) is 17.2 Å². The normalized spacial score (nSPS) is 12.5. The molecule has 0 aliphatic carbocycles. The monoisotopic (exact) mass is 557 g/mol. The highest BCUT2D eigenvalue weighted by Gasteiger charge is 2.22. The molecule has 0 atom stereocenters. The molecule has 6 nitrogen and oxygen atoms in total. The van der Waals surface area contributed by atoms with Gasteiger partial charge in [-0.1, -0.05) is 79.5 Å². The maximum atomic E-state index is 6.83. The second kappa shape index (κ2) is 13.6. The summed E-state index contributed by atoms with van der Waals surface area (Å²) in [6, 6.07) is 24.6. The number of nitrogens with zero attached hydrogens (tertiary/aromatic N) is 3. The van der Waals surface area contributed by atoms with E-state index in [0.29, 0.717) is 44.6 Å². The lowest BCUT2D eigenvalue weighted by Gasteiger charge is -2.27. The fourth-order valence-electron chi connectivity index (χ4n) is 5.14. The zero-order valence-electron chi connectivity index (χ0n) is 23.2. The Hall–Kier alpha value is -3.61. The number of hydrogen-bond donors (Lipinski definition) is 0. The number of fused-ring (bicyclic) bond motifs is 1. The zero-order valence-corrected chi connectivity index (χ0v) is 24.0. The van der Waals surface area contributed by atoms with Gasteiger partial charge in [-0.2, -0.15) is 0 Å². The number of ether oxygens (including phenoxy) is 3. The van der Waals surface area contributed by atoms with E-state index in [1.807, 2.05) is 49.4 Å². The van der Waals surface area contributed by atoms with Crippen LogP contribution in [0.3, 0.4) is 0 Å². The molecule has 208 valence electrons. The molecule has 0 radical (unpaired) electrons. The highest BCUT2D eigenvalue weighted by Crippen LogP contribution is 2.36. The van der Waals surface area contributed by atoms with Crippen LogP contribution in [0.1, 0.15) is 48.9 Å². The third-order valence-electron chi connectivity index (χ3n) is 7.00. The Morgan fingerprint density at radius 1 is 0.850 bits per heavy atom. The summed E-state index contributed by atoms with van der Waals surface area (Å²) in [7, 11) is 0. The van der Waals surface area contributed by atoms with E-state index >= 15 is 0 Å². The summed E-state index contributed by atoms with van der Waals surface area (Å²) in [4.78, 5) is 2.38. The van der Waals surface area contributed by atoms with Crippen molar-refractivity contribution in [2.45, 2.75) is 52.7 Å². The second-order valence-corrected chi connectivity index (χ2v) is 10.3. The first kappa shape index (κ1) is 27.9. The Morgan fingerprint density at radius 3 is 2.50 bits per heavy atom. The first-order valence-electron chi connectivity index (χ1n) is 14.1. The molecule has 0 spiro atoms. The summed E-state index contributed by atoms with van der Waals surface area (Å²) < 4.78 is 17.7. The van der Waals surface area contributed by atoms with Crippen LogP contribution in [-0.2, 0) is 26.1 Å². The van der Waals surface area contributed by atoms with Gasteiger partial charge < -0.3 is 14.2 Å². The Balaban J connectivity index is 1.54. The molecule has 40 heavy (non-hydrogen) atoms. The van der Waals surface area contributed by atoms with Crippen LogP contribution in [0.2, 0.25) is 5.15 Å². The van der Waals surface area contributed by atoms with Crippen LogP contribution < -0.4 is 14.2 Å². The van der Waals surface area contributed by atoms with Gasteiger partial charge in [0.05, 0.1) is 12.3 Å². The van der Waals surface area contributed by atoms with Gasteiger partial charge in [-0.3, -0.25) is 4.90 Å². The predicted octanol–water partition coefficient (Wildman–Crippen LogP) is 7.51. The Labute approximate surface area is 241 Å². The van der Waals surface area contributed by atoms with E-state index in [0.717, 1.165) is 70.0 Å². The SMILES string of the molecule is CCCCc1c(-c2ccccc2)nnc(Cl)c1CN(Cc1cccc(OCC)c1)Cc1cccc2c1OCCO2. The van der Waals surface area contributed by atoms with Crippen molar-refractivity contribution in [3.8, 4) is 28.5 Å². The summed E-state index contributed by atoms with van der Waals surface area (Å²) in [5, 5.41) is 9.45. The molecule has 0 saturated heterocycles. The van der Waals surface area contributed by atoms with Crippen molar-refractivity contribution < 1.29 is 14.2 Å². The highest BCUT2D eigenvalue weighted by molar-refractivity contribution is 6.30. The summed E-state index contributed by atoms with van der Waals surface area (Å²) in [6.45, 7) is 7.89. The minimum Gasteiger partial charge on any atom is -0.494 e. The lowest BCUT2D eigenvalue weighted by molar-refractivity contribution is 0.165. The Bertz CT molecular complexity index is 1410. The van der Waals surface area contributed by atoms with E-state index in [9.17, 15) is 0 Å². The standard InChI is InChI=1S/C33H36ClN3O3/c1-3-5-16-28-29(33(34)36-35-31(28)25-12-7-6-8-13-25)23-37(21-24-11-9-15-27(20-24)38-4-2)22-26-14-10-17-30-32(26)40-19-18-39-30/h6-15,17,20H,3-5,16,18-19,21-23H2,1-2H3. The molecule has 0 fully saturated rings. The molecule has 1 aliphatic rings. The van der Waals surface area contributed by atoms with Crippen molar-refractivity contribution in [1.82, 2.24) is 15.1 Å². The molecule has 3 aromatic carbocycles. The molecule has 7 heteroatoms. The van der Waals surface area contributed by atoms with Crippen molar-refractivity contribution in [1.29, 1.82) is 0 Å². The summed E-state index contributed by atoms with van der Waals surface area (Å²) in [5.41, 5.74) is 6.38. The van der Waals surface area contributed by atoms with E-state index in [4.69, 9.17) is 25.8 Å². The topological polar surface area (TPSA) is 56.7 Å². The number of para-hydroxylation sites is 1. The fraction of sp³-hybridized carbons (Fsp3) is 0.333. The highest BCUT2D eigenvalue weighted by atomic mass is 35.5. The van der Waals surface area contributed by atoms with Crippen molar-refractivity contribution in [2.75, 3.05) is 19.8 Å². The van der Waals surface area contributed by atoms with E-state index in [2.05, 4.69) is 52.4 Å². The number of hydrogen-bond acceptors (Lipinski definition) is 6. The second-order valence-electron chi connectivity index (χ2n) is 9.93. The fourth-order valence-corrected chi connectivity index (χ4v) is 5.35. The van der Waals surface area contributed by atoms with Crippen molar-refractivity contribution in [3.05, 3.63) is 100 Å². The molecule has 0 saturated carbocycles. The first-order chi connectivity index (χ1) is 19.7. The molecule has 5 rings (SSSR count). The molecule has 0 N–H and O–H groups in total. The Morgan fingerprint density at radius 2 is 1.68 bits per heavy atom. The number of rotatable bonds is 12. The molecular weight excluding hydrogens is 522 g/mol. The number of unbranched alkanes of at least 4 members (excludes halogenated alkanes) is 1. The first-order valence-corrected chi connectivity index (χ1v) is 14.4. The smallest absolute Gasteiger partial charge is 0.165 e. The van der Waals surface area contributed by atoms with E-state index in [1.54, 1.807) is 0 Å². The van der Waals surface area contributed by atoms with Crippen molar-refractivity contribution >= 4 is 11.6 Å². The van der Waals surface area contributed by atoms with Crippen LogP contribution in [-0.4, -0.2) is 34.9 Å². The van der Waals surface area contributed by atoms with Gasteiger partial charge in [0.15, 0.2) is 16.7 Å². The zero-order chi connectivity index (χ0) is 27.7. The molecule has 2 heterocycles. The lowest BCUT2D eigenvalue weighted by atomic mass is 9.97. The summed E-state index contributed by atoms with van der Waals surface area (Å²) >= 11 is 6.83. The molecule has 1 aliphatic heterocycles. The van der Waals surface area contributed by atoms with Gasteiger partial charge in [-0.15, -0.1) is 10.2 Å². The lowest BCUT2D eigenvalue weighted by Crippen LogP contribution is -2.25. The van der Waals surface area contributed by atoms with Crippen LogP contribution >= 0.6 is 11.6 Å². The van der Waals surface area contributed by atoms with E-state index < -0.39 is 0 Å². The largest absolute Gasteiger partial charge is 0.494 e. The number of benzene rings is 3. The number of aromatic nitrogens is 2. The average molecular weight is 558 g/mol.